The van der Waals surface area contributed by atoms with E-state index in [1.807, 2.05) is 4.90 Å². The van der Waals surface area contributed by atoms with Crippen LogP contribution in [0, 0.1) is 5.92 Å². The fourth-order valence-corrected chi connectivity index (χ4v) is 2.05. The van der Waals surface area contributed by atoms with Crippen LogP contribution in [0.3, 0.4) is 0 Å². The van der Waals surface area contributed by atoms with E-state index in [0.717, 1.165) is 13.1 Å². The molecule has 2 rings (SSSR count). The van der Waals surface area contributed by atoms with E-state index in [9.17, 15) is 4.79 Å². The monoisotopic (exact) mass is 196 g/mol. The van der Waals surface area contributed by atoms with Gasteiger partial charge >= 0.3 is 0 Å². The molecule has 1 N–H and O–H groups in total. The lowest BCUT2D eigenvalue weighted by Crippen LogP contribution is -2.43. The number of carbonyl (C=O) groups is 1. The van der Waals surface area contributed by atoms with E-state index in [1.54, 1.807) is 0 Å². The Kier molecular flexibility index (Phi) is 3.06. The van der Waals surface area contributed by atoms with Crippen molar-refractivity contribution in [2.75, 3.05) is 19.6 Å². The quantitative estimate of drug-likeness (QED) is 0.730. The van der Waals surface area contributed by atoms with Gasteiger partial charge in [-0.25, -0.2) is 0 Å². The van der Waals surface area contributed by atoms with Gasteiger partial charge in [0.1, 0.15) is 0 Å². The minimum absolute atomic E-state index is 0.295. The van der Waals surface area contributed by atoms with Crippen molar-refractivity contribution < 1.29 is 4.79 Å². The molecule has 0 radical (unpaired) electrons. The third-order valence-corrected chi connectivity index (χ3v) is 3.13. The van der Waals surface area contributed by atoms with E-state index in [-0.39, 0.29) is 0 Å². The zero-order valence-corrected chi connectivity index (χ0v) is 8.96. The summed E-state index contributed by atoms with van der Waals surface area (Å²) in [6, 6.07) is 0.640. The number of nitrogens with zero attached hydrogens (tertiary/aromatic N) is 1. The van der Waals surface area contributed by atoms with Crippen LogP contribution in [-0.2, 0) is 4.79 Å². The molecule has 1 amide bonds. The van der Waals surface area contributed by atoms with Crippen molar-refractivity contribution in [3.63, 3.8) is 0 Å². The molecule has 2 aliphatic rings. The lowest BCUT2D eigenvalue weighted by molar-refractivity contribution is -0.131. The van der Waals surface area contributed by atoms with Gasteiger partial charge in [0, 0.05) is 19.1 Å². The SMILES string of the molecule is C[C@@H]1CCCN(C(=O)CNC2CC2)C1. The lowest BCUT2D eigenvalue weighted by atomic mass is 10.0. The van der Waals surface area contributed by atoms with Crippen LogP contribution in [0.2, 0.25) is 0 Å². The van der Waals surface area contributed by atoms with Crippen LogP contribution in [0.15, 0.2) is 0 Å². The highest BCUT2D eigenvalue weighted by molar-refractivity contribution is 5.78. The molecule has 3 heteroatoms. The molecule has 1 aliphatic carbocycles. The first-order chi connectivity index (χ1) is 6.75. The van der Waals surface area contributed by atoms with Gasteiger partial charge in [-0.1, -0.05) is 6.92 Å². The summed E-state index contributed by atoms with van der Waals surface area (Å²) >= 11 is 0. The van der Waals surface area contributed by atoms with E-state index >= 15 is 0 Å². The summed E-state index contributed by atoms with van der Waals surface area (Å²) < 4.78 is 0. The third kappa shape index (κ3) is 2.71. The van der Waals surface area contributed by atoms with Crippen LogP contribution in [-0.4, -0.2) is 36.5 Å². The average molecular weight is 196 g/mol. The van der Waals surface area contributed by atoms with Crippen LogP contribution < -0.4 is 5.32 Å². The van der Waals surface area contributed by atoms with Gasteiger partial charge in [0.25, 0.3) is 0 Å². The summed E-state index contributed by atoms with van der Waals surface area (Å²) in [7, 11) is 0. The first-order valence-electron chi connectivity index (χ1n) is 5.77. The largest absolute Gasteiger partial charge is 0.341 e. The number of likely N-dealkylation sites (tertiary alicyclic amines) is 1. The van der Waals surface area contributed by atoms with Crippen molar-refractivity contribution in [1.29, 1.82) is 0 Å². The Labute approximate surface area is 85.8 Å². The minimum atomic E-state index is 0.295. The van der Waals surface area contributed by atoms with Crippen molar-refractivity contribution in [3.05, 3.63) is 0 Å². The zero-order valence-electron chi connectivity index (χ0n) is 8.96. The number of amides is 1. The molecule has 0 unspecified atom stereocenters. The van der Waals surface area contributed by atoms with Crippen molar-refractivity contribution in [2.45, 2.75) is 38.6 Å². The van der Waals surface area contributed by atoms with Gasteiger partial charge in [-0.2, -0.15) is 0 Å². The Morgan fingerprint density at radius 1 is 1.43 bits per heavy atom. The molecular weight excluding hydrogens is 176 g/mol. The first-order valence-corrected chi connectivity index (χ1v) is 5.77. The molecule has 0 spiro atoms. The smallest absolute Gasteiger partial charge is 0.236 e. The highest BCUT2D eigenvalue weighted by Gasteiger charge is 2.24. The predicted octanol–water partition coefficient (Wildman–Crippen LogP) is 0.997. The molecule has 1 heterocycles. The van der Waals surface area contributed by atoms with E-state index in [2.05, 4.69) is 12.2 Å². The minimum Gasteiger partial charge on any atom is -0.341 e. The van der Waals surface area contributed by atoms with Crippen molar-refractivity contribution >= 4 is 5.91 Å². The predicted molar refractivity (Wildman–Crippen MR) is 56.0 cm³/mol. The van der Waals surface area contributed by atoms with Crippen LogP contribution >= 0.6 is 0 Å². The summed E-state index contributed by atoms with van der Waals surface area (Å²) in [4.78, 5) is 13.8. The van der Waals surface area contributed by atoms with Crippen LogP contribution in [0.4, 0.5) is 0 Å². The second-order valence-corrected chi connectivity index (χ2v) is 4.74. The van der Waals surface area contributed by atoms with Crippen molar-refractivity contribution in [1.82, 2.24) is 10.2 Å². The molecule has 14 heavy (non-hydrogen) atoms. The fraction of sp³-hybridized carbons (Fsp3) is 0.909. The molecule has 1 saturated heterocycles. The normalized spacial score (nSPS) is 27.8. The Bertz CT molecular complexity index is 213. The van der Waals surface area contributed by atoms with Crippen LogP contribution in [0.5, 0.6) is 0 Å². The number of hydrogen-bond donors (Lipinski definition) is 1. The molecule has 0 aromatic carbocycles. The summed E-state index contributed by atoms with van der Waals surface area (Å²) in [6.45, 7) is 4.71. The van der Waals surface area contributed by atoms with Gasteiger partial charge in [-0.05, 0) is 31.6 Å². The van der Waals surface area contributed by atoms with Crippen molar-refractivity contribution in [2.24, 2.45) is 5.92 Å². The number of carbonyl (C=O) groups excluding carboxylic acids is 1. The highest BCUT2D eigenvalue weighted by atomic mass is 16.2. The third-order valence-electron chi connectivity index (χ3n) is 3.13. The summed E-state index contributed by atoms with van der Waals surface area (Å²) in [5, 5.41) is 3.28. The Hall–Kier alpha value is -0.570. The highest BCUT2D eigenvalue weighted by Crippen LogP contribution is 2.19. The van der Waals surface area contributed by atoms with E-state index in [4.69, 9.17) is 0 Å². The Morgan fingerprint density at radius 3 is 2.86 bits per heavy atom. The molecule has 3 nitrogen and oxygen atoms in total. The first kappa shape index (κ1) is 9.97. The number of hydrogen-bond acceptors (Lipinski definition) is 2. The van der Waals surface area contributed by atoms with E-state index in [1.165, 1.54) is 25.7 Å². The molecule has 80 valence electrons. The summed E-state index contributed by atoms with van der Waals surface area (Å²) in [6.07, 6.45) is 4.96. The molecule has 0 aromatic heterocycles. The molecule has 0 aromatic rings. The van der Waals surface area contributed by atoms with Gasteiger partial charge in [-0.3, -0.25) is 4.79 Å². The second-order valence-electron chi connectivity index (χ2n) is 4.74. The maximum atomic E-state index is 11.7. The van der Waals surface area contributed by atoms with Crippen LogP contribution in [0.25, 0.3) is 0 Å². The van der Waals surface area contributed by atoms with Crippen LogP contribution in [0.1, 0.15) is 32.6 Å². The maximum Gasteiger partial charge on any atom is 0.236 e. The maximum absolute atomic E-state index is 11.7. The van der Waals surface area contributed by atoms with Gasteiger partial charge in [0.15, 0.2) is 0 Å². The number of rotatable bonds is 3. The summed E-state index contributed by atoms with van der Waals surface area (Å²) in [5.41, 5.74) is 0. The van der Waals surface area contributed by atoms with Gasteiger partial charge in [0.05, 0.1) is 6.54 Å². The number of nitrogens with one attached hydrogen (secondary N) is 1. The molecule has 1 aliphatic heterocycles. The summed E-state index contributed by atoms with van der Waals surface area (Å²) in [5.74, 6) is 0.983. The zero-order chi connectivity index (χ0) is 9.97. The molecule has 0 bridgehead atoms. The Morgan fingerprint density at radius 2 is 2.21 bits per heavy atom. The lowest BCUT2D eigenvalue weighted by Gasteiger charge is -2.31. The molecule has 1 saturated carbocycles. The fourth-order valence-electron chi connectivity index (χ4n) is 2.05. The van der Waals surface area contributed by atoms with Gasteiger partial charge < -0.3 is 10.2 Å². The standard InChI is InChI=1S/C11H20N2O/c1-9-3-2-6-13(8-9)11(14)7-12-10-4-5-10/h9-10,12H,2-8H2,1H3/t9-/m1/s1. The average Bonchev–Trinajstić information content (AvgIpc) is 2.97. The topological polar surface area (TPSA) is 32.3 Å². The molecule has 2 fully saturated rings. The van der Waals surface area contributed by atoms with Gasteiger partial charge in [-0.15, -0.1) is 0 Å². The number of piperidine rings is 1. The van der Waals surface area contributed by atoms with E-state index in [0.29, 0.717) is 24.4 Å². The van der Waals surface area contributed by atoms with E-state index < -0.39 is 0 Å². The second kappa shape index (κ2) is 4.30. The molecular formula is C11H20N2O. The Balaban J connectivity index is 1.71. The van der Waals surface area contributed by atoms with Crippen molar-refractivity contribution in [3.8, 4) is 0 Å². The van der Waals surface area contributed by atoms with Gasteiger partial charge in [0.2, 0.25) is 5.91 Å². The molecule has 1 atom stereocenters.